The molecule has 0 radical (unpaired) electrons. The highest BCUT2D eigenvalue weighted by molar-refractivity contribution is 6.06. The molecular weight excluding hydrogens is 354 g/mol. The number of hydrogen-bond acceptors (Lipinski definition) is 2. The van der Waals surface area contributed by atoms with Gasteiger partial charge in [-0.15, -0.1) is 0 Å². The first kappa shape index (κ1) is 16.4. The summed E-state index contributed by atoms with van der Waals surface area (Å²) in [5.41, 5.74) is 9.46. The van der Waals surface area contributed by atoms with E-state index in [1.54, 1.807) is 0 Å². The lowest BCUT2D eigenvalue weighted by Crippen LogP contribution is -2.16. The molecule has 4 aromatic carbocycles. The monoisotopic (exact) mass is 375 g/mol. The molecule has 2 nitrogen and oxygen atoms in total. The first-order valence-electron chi connectivity index (χ1n) is 10.0. The van der Waals surface area contributed by atoms with Crippen LogP contribution in [-0.4, -0.2) is 0 Å². The van der Waals surface area contributed by atoms with Crippen LogP contribution >= 0.6 is 0 Å². The second kappa shape index (κ2) is 5.74. The van der Waals surface area contributed by atoms with Gasteiger partial charge in [-0.3, -0.25) is 0 Å². The van der Waals surface area contributed by atoms with Crippen LogP contribution in [0.4, 0.5) is 11.4 Å². The Hall–Kier alpha value is -3.52. The first-order valence-corrected chi connectivity index (χ1v) is 10.0. The molecule has 6 rings (SSSR count). The minimum atomic E-state index is -0.0397. The van der Waals surface area contributed by atoms with Gasteiger partial charge in [-0.05, 0) is 52.6 Å². The molecule has 0 spiro atoms. The number of anilines is 2. The van der Waals surface area contributed by atoms with Crippen LogP contribution in [0.15, 0.2) is 89.3 Å². The fourth-order valence-electron chi connectivity index (χ4n) is 4.91. The van der Waals surface area contributed by atoms with E-state index in [-0.39, 0.29) is 5.41 Å². The summed E-state index contributed by atoms with van der Waals surface area (Å²) in [6, 6.07) is 29.9. The molecule has 0 fully saturated rings. The van der Waals surface area contributed by atoms with Gasteiger partial charge in [0.05, 0.1) is 0 Å². The molecule has 0 amide bonds. The molecule has 0 saturated heterocycles. The van der Waals surface area contributed by atoms with Gasteiger partial charge < -0.3 is 9.73 Å². The van der Waals surface area contributed by atoms with Crippen LogP contribution in [0.25, 0.3) is 33.1 Å². The maximum absolute atomic E-state index is 5.98. The zero-order chi connectivity index (χ0) is 19.6. The predicted molar refractivity (Wildman–Crippen MR) is 121 cm³/mol. The standard InChI is InChI=1S/C27H21NO/c1-27(2)22-11-5-3-8-18(22)20-10-7-12-23(26(20)27)28-17-14-15-25-21(16-17)19-9-4-6-13-24(19)29-25/h3-16,28H,1-2H3. The zero-order valence-electron chi connectivity index (χ0n) is 16.5. The van der Waals surface area contributed by atoms with Gasteiger partial charge in [0.2, 0.25) is 0 Å². The molecule has 0 aliphatic heterocycles. The molecule has 1 aliphatic carbocycles. The van der Waals surface area contributed by atoms with Gasteiger partial charge in [0.15, 0.2) is 0 Å². The van der Waals surface area contributed by atoms with Crippen LogP contribution in [0, 0.1) is 0 Å². The summed E-state index contributed by atoms with van der Waals surface area (Å²) >= 11 is 0. The van der Waals surface area contributed by atoms with Crippen LogP contribution in [0.1, 0.15) is 25.0 Å². The number of nitrogens with one attached hydrogen (secondary N) is 1. The van der Waals surface area contributed by atoms with E-state index in [0.717, 1.165) is 33.3 Å². The summed E-state index contributed by atoms with van der Waals surface area (Å²) in [4.78, 5) is 0. The van der Waals surface area contributed by atoms with Crippen molar-refractivity contribution in [1.82, 2.24) is 0 Å². The predicted octanol–water partition coefficient (Wildman–Crippen LogP) is 7.64. The molecule has 2 heteroatoms. The summed E-state index contributed by atoms with van der Waals surface area (Å²) in [5, 5.41) is 5.99. The fraction of sp³-hybridized carbons (Fsp3) is 0.111. The fourth-order valence-corrected chi connectivity index (χ4v) is 4.91. The van der Waals surface area contributed by atoms with Gasteiger partial charge in [0, 0.05) is 27.6 Å². The largest absolute Gasteiger partial charge is 0.456 e. The van der Waals surface area contributed by atoms with E-state index < -0.39 is 0 Å². The topological polar surface area (TPSA) is 25.2 Å². The number of para-hydroxylation sites is 1. The summed E-state index contributed by atoms with van der Waals surface area (Å²) < 4.78 is 5.98. The molecule has 0 unspecified atom stereocenters. The number of hydrogen-bond donors (Lipinski definition) is 1. The Bertz CT molecular complexity index is 1410. The van der Waals surface area contributed by atoms with E-state index in [1.165, 1.54) is 22.3 Å². The van der Waals surface area contributed by atoms with Crippen molar-refractivity contribution in [1.29, 1.82) is 0 Å². The Balaban J connectivity index is 1.49. The van der Waals surface area contributed by atoms with E-state index in [2.05, 4.69) is 92.0 Å². The third-order valence-corrected chi connectivity index (χ3v) is 6.24. The molecule has 140 valence electrons. The molecule has 1 heterocycles. The molecule has 0 atom stereocenters. The average Bonchev–Trinajstić information content (AvgIpc) is 3.22. The normalized spacial score (nSPS) is 14.1. The van der Waals surface area contributed by atoms with E-state index in [0.29, 0.717) is 0 Å². The van der Waals surface area contributed by atoms with Gasteiger partial charge in [0.25, 0.3) is 0 Å². The van der Waals surface area contributed by atoms with Crippen LogP contribution in [0.3, 0.4) is 0 Å². The van der Waals surface area contributed by atoms with Gasteiger partial charge in [0.1, 0.15) is 11.2 Å². The number of benzene rings is 4. The van der Waals surface area contributed by atoms with Gasteiger partial charge in [-0.1, -0.05) is 68.4 Å². The smallest absolute Gasteiger partial charge is 0.135 e. The zero-order valence-corrected chi connectivity index (χ0v) is 16.5. The molecule has 0 saturated carbocycles. The SMILES string of the molecule is CC1(C)c2ccccc2-c2cccc(Nc3ccc4oc5ccccc5c4c3)c21. The van der Waals surface area contributed by atoms with Gasteiger partial charge in [-0.2, -0.15) is 0 Å². The van der Waals surface area contributed by atoms with Crippen molar-refractivity contribution < 1.29 is 4.42 Å². The number of fused-ring (bicyclic) bond motifs is 6. The maximum atomic E-state index is 5.98. The second-order valence-corrected chi connectivity index (χ2v) is 8.33. The van der Waals surface area contributed by atoms with E-state index in [4.69, 9.17) is 4.42 Å². The number of furan rings is 1. The van der Waals surface area contributed by atoms with Crippen LogP contribution in [-0.2, 0) is 5.41 Å². The van der Waals surface area contributed by atoms with Crippen molar-refractivity contribution in [2.24, 2.45) is 0 Å². The average molecular weight is 375 g/mol. The van der Waals surface area contributed by atoms with Crippen LogP contribution in [0.2, 0.25) is 0 Å². The lowest BCUT2D eigenvalue weighted by molar-refractivity contribution is 0.662. The van der Waals surface area contributed by atoms with Crippen molar-refractivity contribution in [3.63, 3.8) is 0 Å². The van der Waals surface area contributed by atoms with Gasteiger partial charge in [-0.25, -0.2) is 0 Å². The highest BCUT2D eigenvalue weighted by Crippen LogP contribution is 2.51. The molecule has 29 heavy (non-hydrogen) atoms. The van der Waals surface area contributed by atoms with Gasteiger partial charge >= 0.3 is 0 Å². The highest BCUT2D eigenvalue weighted by atomic mass is 16.3. The Kier molecular flexibility index (Phi) is 3.25. The minimum Gasteiger partial charge on any atom is -0.456 e. The molecule has 1 aliphatic rings. The van der Waals surface area contributed by atoms with Crippen molar-refractivity contribution in [2.75, 3.05) is 5.32 Å². The minimum absolute atomic E-state index is 0.0397. The third-order valence-electron chi connectivity index (χ3n) is 6.24. The summed E-state index contributed by atoms with van der Waals surface area (Å²) in [7, 11) is 0. The Morgan fingerprint density at radius 1 is 0.690 bits per heavy atom. The molecule has 0 bridgehead atoms. The van der Waals surface area contributed by atoms with Crippen LogP contribution < -0.4 is 5.32 Å². The van der Waals surface area contributed by atoms with E-state index in [9.17, 15) is 0 Å². The summed E-state index contributed by atoms with van der Waals surface area (Å²) in [6.07, 6.45) is 0. The second-order valence-electron chi connectivity index (χ2n) is 8.33. The van der Waals surface area contributed by atoms with Crippen LogP contribution in [0.5, 0.6) is 0 Å². The first-order chi connectivity index (χ1) is 14.1. The Morgan fingerprint density at radius 2 is 1.45 bits per heavy atom. The summed E-state index contributed by atoms with van der Waals surface area (Å²) in [5.74, 6) is 0. The van der Waals surface area contributed by atoms with Crippen molar-refractivity contribution in [2.45, 2.75) is 19.3 Å². The summed E-state index contributed by atoms with van der Waals surface area (Å²) in [6.45, 7) is 4.63. The third kappa shape index (κ3) is 2.29. The van der Waals surface area contributed by atoms with Crippen molar-refractivity contribution in [3.8, 4) is 11.1 Å². The van der Waals surface area contributed by atoms with Crippen molar-refractivity contribution >= 4 is 33.3 Å². The quantitative estimate of drug-likeness (QED) is 0.343. The van der Waals surface area contributed by atoms with Crippen molar-refractivity contribution in [3.05, 3.63) is 96.1 Å². The maximum Gasteiger partial charge on any atom is 0.135 e. The molecule has 1 N–H and O–H groups in total. The van der Waals surface area contributed by atoms with E-state index in [1.807, 2.05) is 12.1 Å². The lowest BCUT2D eigenvalue weighted by Gasteiger charge is -2.24. The number of rotatable bonds is 2. The molecule has 5 aromatic rings. The molecule has 1 aromatic heterocycles. The highest BCUT2D eigenvalue weighted by Gasteiger charge is 2.37. The lowest BCUT2D eigenvalue weighted by atomic mass is 9.81. The Labute approximate surface area is 169 Å². The van der Waals surface area contributed by atoms with E-state index >= 15 is 0 Å². The molecular formula is C27H21NO. The Morgan fingerprint density at radius 3 is 2.38 bits per heavy atom.